The molecule has 2 aromatic carbocycles. The van der Waals surface area contributed by atoms with Crippen molar-refractivity contribution in [2.45, 2.75) is 50.9 Å². The van der Waals surface area contributed by atoms with E-state index >= 15 is 0 Å². The molecule has 1 heterocycles. The fourth-order valence-corrected chi connectivity index (χ4v) is 4.00. The summed E-state index contributed by atoms with van der Waals surface area (Å²) in [4.78, 5) is 4.23. The number of rotatable bonds is 9. The number of nitrogens with two attached hydrogens (primary N) is 1. The van der Waals surface area contributed by atoms with Crippen LogP contribution < -0.4 is 15.8 Å². The number of benzene rings is 2. The molecule has 0 aliphatic rings. The Kier molecular flexibility index (Phi) is 8.90. The zero-order valence-corrected chi connectivity index (χ0v) is 20.6. The van der Waals surface area contributed by atoms with E-state index in [0.29, 0.717) is 25.1 Å². The van der Waals surface area contributed by atoms with Gasteiger partial charge >= 0.3 is 18.5 Å². The number of alkyl halides is 9. The second-order valence-corrected chi connectivity index (χ2v) is 8.71. The number of halogens is 9. The van der Waals surface area contributed by atoms with Gasteiger partial charge in [0, 0.05) is 30.3 Å². The predicted octanol–water partition coefficient (Wildman–Crippen LogP) is 7.77. The van der Waals surface area contributed by atoms with Gasteiger partial charge in [0.05, 0.1) is 34.5 Å². The molecule has 0 aliphatic heterocycles. The molecule has 214 valence electrons. The van der Waals surface area contributed by atoms with Crippen molar-refractivity contribution in [2.75, 3.05) is 19.0 Å². The van der Waals surface area contributed by atoms with Gasteiger partial charge in [-0.2, -0.15) is 39.5 Å². The quantitative estimate of drug-likeness (QED) is 0.258. The highest BCUT2D eigenvalue weighted by molar-refractivity contribution is 5.96. The van der Waals surface area contributed by atoms with Crippen molar-refractivity contribution in [2.24, 2.45) is 5.73 Å². The van der Waals surface area contributed by atoms with Gasteiger partial charge in [-0.1, -0.05) is 0 Å². The fourth-order valence-electron chi connectivity index (χ4n) is 4.00. The van der Waals surface area contributed by atoms with Crippen LogP contribution in [-0.2, 0) is 29.9 Å². The number of pyridine rings is 1. The zero-order chi connectivity index (χ0) is 29.2. The van der Waals surface area contributed by atoms with E-state index in [1.165, 1.54) is 31.5 Å². The van der Waals surface area contributed by atoms with Gasteiger partial charge in [-0.05, 0) is 56.6 Å². The van der Waals surface area contributed by atoms with Crippen molar-refractivity contribution in [3.8, 4) is 11.5 Å². The van der Waals surface area contributed by atoms with E-state index in [-0.39, 0.29) is 40.9 Å². The second kappa shape index (κ2) is 11.5. The topological polar surface area (TPSA) is 69.4 Å². The molecular formula is C25H24F9N3O2. The largest absolute Gasteiger partial charge is 0.456 e. The molecule has 1 unspecified atom stereocenters. The minimum absolute atomic E-state index is 0.0992. The lowest BCUT2D eigenvalue weighted by molar-refractivity contribution is -0.163. The van der Waals surface area contributed by atoms with Crippen LogP contribution in [0.3, 0.4) is 0 Å². The number of nitrogens with one attached hydrogen (secondary N) is 1. The highest BCUT2D eigenvalue weighted by atomic mass is 19.4. The van der Waals surface area contributed by atoms with Crippen molar-refractivity contribution in [3.63, 3.8) is 0 Å². The first-order chi connectivity index (χ1) is 18.1. The highest BCUT2D eigenvalue weighted by Crippen LogP contribution is 2.49. The van der Waals surface area contributed by atoms with Crippen LogP contribution in [0.5, 0.6) is 11.5 Å². The van der Waals surface area contributed by atoms with Gasteiger partial charge in [-0.15, -0.1) is 0 Å². The number of methoxy groups -OCH3 is 1. The van der Waals surface area contributed by atoms with Crippen LogP contribution in [0.1, 0.15) is 42.0 Å². The lowest BCUT2D eigenvalue weighted by atomic mass is 10.0. The van der Waals surface area contributed by atoms with E-state index in [9.17, 15) is 39.5 Å². The van der Waals surface area contributed by atoms with Crippen molar-refractivity contribution in [3.05, 3.63) is 58.8 Å². The van der Waals surface area contributed by atoms with E-state index in [4.69, 9.17) is 15.2 Å². The third-order valence-electron chi connectivity index (χ3n) is 5.71. The molecule has 0 fully saturated rings. The van der Waals surface area contributed by atoms with Crippen molar-refractivity contribution < 1.29 is 49.0 Å². The summed E-state index contributed by atoms with van der Waals surface area (Å²) >= 11 is 0. The Morgan fingerprint density at radius 1 is 0.923 bits per heavy atom. The van der Waals surface area contributed by atoms with Gasteiger partial charge in [0.15, 0.2) is 0 Å². The first kappa shape index (κ1) is 30.3. The maximum absolute atomic E-state index is 13.8. The molecule has 14 heteroatoms. The van der Waals surface area contributed by atoms with Gasteiger partial charge in [0.25, 0.3) is 0 Å². The molecule has 3 N–H and O–H groups in total. The average Bonchev–Trinajstić information content (AvgIpc) is 2.82. The molecule has 5 nitrogen and oxygen atoms in total. The highest BCUT2D eigenvalue weighted by Gasteiger charge is 2.47. The Hall–Kier alpha value is -3.26. The number of aromatic nitrogens is 1. The maximum atomic E-state index is 13.8. The smallest absolute Gasteiger partial charge is 0.420 e. The van der Waals surface area contributed by atoms with E-state index < -0.39 is 47.0 Å². The van der Waals surface area contributed by atoms with Crippen LogP contribution in [0.25, 0.3) is 10.9 Å². The van der Waals surface area contributed by atoms with Crippen LogP contribution in [0, 0.1) is 0 Å². The standard InChI is InChI=1S/C25H24F9N3O2/c1-13(5-3-7-35)37-19-9-14(12-38-2)22(15-6-4-8-36-21(15)19)39-20-11-17(24(29,30)31)16(23(26,27)28)10-18(20)25(32,33)34/h4,6,8-11,13,37H,3,5,7,12,35H2,1-2H3. The lowest BCUT2D eigenvalue weighted by Gasteiger charge is -2.23. The Labute approximate surface area is 217 Å². The van der Waals surface area contributed by atoms with E-state index in [2.05, 4.69) is 10.3 Å². The van der Waals surface area contributed by atoms with Gasteiger partial charge in [-0.25, -0.2) is 0 Å². The molecule has 0 saturated heterocycles. The number of hydrogen-bond acceptors (Lipinski definition) is 5. The molecular weight excluding hydrogens is 545 g/mol. The number of hydrogen-bond donors (Lipinski definition) is 2. The SMILES string of the molecule is COCc1cc(NC(C)CCCN)c2ncccc2c1Oc1cc(C(F)(F)F)c(C(F)(F)F)cc1C(F)(F)F. The first-order valence-electron chi connectivity index (χ1n) is 11.5. The summed E-state index contributed by atoms with van der Waals surface area (Å²) in [5.41, 5.74) is -0.514. The van der Waals surface area contributed by atoms with Crippen molar-refractivity contribution in [1.82, 2.24) is 4.98 Å². The molecule has 3 rings (SSSR count). The first-order valence-corrected chi connectivity index (χ1v) is 11.5. The second-order valence-electron chi connectivity index (χ2n) is 8.71. The summed E-state index contributed by atoms with van der Waals surface area (Å²) in [5, 5.41) is 3.31. The van der Waals surface area contributed by atoms with Gasteiger partial charge in [0.1, 0.15) is 11.5 Å². The Morgan fingerprint density at radius 2 is 1.54 bits per heavy atom. The van der Waals surface area contributed by atoms with E-state index in [0.717, 1.165) is 0 Å². The number of nitrogens with zero attached hydrogens (tertiary/aromatic N) is 1. The average molecular weight is 569 g/mol. The monoisotopic (exact) mass is 569 g/mol. The summed E-state index contributed by atoms with van der Waals surface area (Å²) in [5.74, 6) is -1.80. The molecule has 3 aromatic rings. The van der Waals surface area contributed by atoms with Gasteiger partial charge < -0.3 is 20.5 Å². The van der Waals surface area contributed by atoms with E-state index in [1.807, 2.05) is 6.92 Å². The summed E-state index contributed by atoms with van der Waals surface area (Å²) in [6, 6.07) is 3.30. The maximum Gasteiger partial charge on any atom is 0.420 e. The van der Waals surface area contributed by atoms with Crippen LogP contribution in [0.4, 0.5) is 45.2 Å². The van der Waals surface area contributed by atoms with Gasteiger partial charge in [-0.3, -0.25) is 4.98 Å². The predicted molar refractivity (Wildman–Crippen MR) is 125 cm³/mol. The zero-order valence-electron chi connectivity index (χ0n) is 20.6. The fraction of sp³-hybridized carbons (Fsp3) is 0.400. The molecule has 0 amide bonds. The number of fused-ring (bicyclic) bond motifs is 1. The summed E-state index contributed by atoms with van der Waals surface area (Å²) in [7, 11) is 1.27. The lowest BCUT2D eigenvalue weighted by Crippen LogP contribution is -2.19. The van der Waals surface area contributed by atoms with Crippen molar-refractivity contribution in [1.29, 1.82) is 0 Å². The third-order valence-corrected chi connectivity index (χ3v) is 5.71. The molecule has 0 aliphatic carbocycles. The van der Waals surface area contributed by atoms with Crippen LogP contribution in [0.2, 0.25) is 0 Å². The van der Waals surface area contributed by atoms with Crippen LogP contribution in [-0.4, -0.2) is 24.7 Å². The molecule has 0 spiro atoms. The number of anilines is 1. The molecule has 0 radical (unpaired) electrons. The molecule has 1 aromatic heterocycles. The Bertz CT molecular complexity index is 1310. The minimum Gasteiger partial charge on any atom is -0.456 e. The molecule has 39 heavy (non-hydrogen) atoms. The Morgan fingerprint density at radius 3 is 2.10 bits per heavy atom. The summed E-state index contributed by atoms with van der Waals surface area (Å²) < 4.78 is 133. The van der Waals surface area contributed by atoms with Gasteiger partial charge in [0.2, 0.25) is 0 Å². The number of ether oxygens (including phenoxy) is 2. The van der Waals surface area contributed by atoms with E-state index in [1.54, 1.807) is 0 Å². The summed E-state index contributed by atoms with van der Waals surface area (Å²) in [6.07, 6.45) is -14.1. The normalized spacial score (nSPS) is 13.5. The molecule has 1 atom stereocenters. The molecule has 0 bridgehead atoms. The third kappa shape index (κ3) is 7.04. The van der Waals surface area contributed by atoms with Crippen LogP contribution >= 0.6 is 0 Å². The van der Waals surface area contributed by atoms with Crippen molar-refractivity contribution >= 4 is 16.6 Å². The Balaban J connectivity index is 2.28. The summed E-state index contributed by atoms with van der Waals surface area (Å²) in [6.45, 7) is 2.06. The van der Waals surface area contributed by atoms with Crippen LogP contribution in [0.15, 0.2) is 36.5 Å². The minimum atomic E-state index is -5.71. The molecule has 0 saturated carbocycles.